The highest BCUT2D eigenvalue weighted by Crippen LogP contribution is 2.31. The Bertz CT molecular complexity index is 466. The quantitative estimate of drug-likeness (QED) is 0.855. The molecule has 0 atom stereocenters. The van der Waals surface area contributed by atoms with E-state index in [0.29, 0.717) is 19.0 Å². The number of nitrogens with one attached hydrogen (secondary N) is 1. The van der Waals surface area contributed by atoms with E-state index in [1.165, 1.54) is 9.78 Å². The number of rotatable bonds is 1. The van der Waals surface area contributed by atoms with Crippen LogP contribution in [0.15, 0.2) is 17.5 Å². The minimum atomic E-state index is -0.259. The van der Waals surface area contributed by atoms with Crippen LogP contribution >= 0.6 is 11.3 Å². The van der Waals surface area contributed by atoms with Crippen molar-refractivity contribution in [1.82, 2.24) is 15.1 Å². The molecule has 2 aliphatic heterocycles. The Labute approximate surface area is 116 Å². The Morgan fingerprint density at radius 1 is 1.32 bits per heavy atom. The summed E-state index contributed by atoms with van der Waals surface area (Å²) in [5, 5.41) is 4.76. The van der Waals surface area contributed by atoms with Crippen LogP contribution < -0.4 is 5.32 Å². The zero-order valence-corrected chi connectivity index (χ0v) is 11.5. The number of nitrogens with zero attached hydrogens (tertiary/aromatic N) is 2. The Morgan fingerprint density at radius 3 is 2.68 bits per heavy atom. The maximum absolute atomic E-state index is 12.2. The summed E-state index contributed by atoms with van der Waals surface area (Å²) in [6.07, 6.45) is 1.98. The fourth-order valence-corrected chi connectivity index (χ4v) is 3.60. The number of urea groups is 2. The molecule has 2 fully saturated rings. The normalized spacial score (nSPS) is 20.7. The van der Waals surface area contributed by atoms with Gasteiger partial charge in [0.25, 0.3) is 0 Å². The van der Waals surface area contributed by atoms with E-state index >= 15 is 0 Å². The van der Waals surface area contributed by atoms with Crippen molar-refractivity contribution in [3.05, 3.63) is 22.4 Å². The van der Waals surface area contributed by atoms with Gasteiger partial charge in [-0.05, 0) is 30.2 Å². The van der Waals surface area contributed by atoms with Crippen LogP contribution in [0.1, 0.15) is 23.6 Å². The second kappa shape index (κ2) is 5.21. The summed E-state index contributed by atoms with van der Waals surface area (Å²) < 4.78 is 0. The Morgan fingerprint density at radius 2 is 2.11 bits per heavy atom. The van der Waals surface area contributed by atoms with Crippen LogP contribution in [-0.2, 0) is 0 Å². The predicted octanol–water partition coefficient (Wildman–Crippen LogP) is 2.07. The molecule has 0 bridgehead atoms. The lowest BCUT2D eigenvalue weighted by Gasteiger charge is -2.33. The summed E-state index contributed by atoms with van der Waals surface area (Å²) in [7, 11) is 0. The van der Waals surface area contributed by atoms with Gasteiger partial charge < -0.3 is 10.2 Å². The molecular formula is C13H17N3O2S. The maximum atomic E-state index is 12.2. The molecule has 6 heteroatoms. The maximum Gasteiger partial charge on any atom is 0.328 e. The summed E-state index contributed by atoms with van der Waals surface area (Å²) in [6, 6.07) is 3.84. The van der Waals surface area contributed by atoms with E-state index in [-0.39, 0.29) is 12.1 Å². The molecule has 0 aliphatic carbocycles. The fourth-order valence-electron chi connectivity index (χ4n) is 2.70. The Balaban J connectivity index is 1.58. The summed E-state index contributed by atoms with van der Waals surface area (Å²) in [5.41, 5.74) is 0. The summed E-state index contributed by atoms with van der Waals surface area (Å²) in [4.78, 5) is 28.2. The highest BCUT2D eigenvalue weighted by Gasteiger charge is 2.32. The van der Waals surface area contributed by atoms with Gasteiger partial charge in [0, 0.05) is 31.1 Å². The lowest BCUT2D eigenvalue weighted by Crippen LogP contribution is -2.47. The minimum Gasteiger partial charge on any atom is -0.336 e. The van der Waals surface area contributed by atoms with Crippen LogP contribution in [-0.4, -0.2) is 48.0 Å². The zero-order valence-electron chi connectivity index (χ0n) is 10.7. The van der Waals surface area contributed by atoms with E-state index < -0.39 is 0 Å². The standard InChI is InChI=1S/C13H17N3O2S/c17-12-14-5-8-16(12)13(18)15-6-3-10(4-7-15)11-2-1-9-19-11/h1-2,9-10H,3-8H2,(H,14,17). The number of hydrogen-bond acceptors (Lipinski definition) is 3. The van der Waals surface area contributed by atoms with E-state index in [1.54, 1.807) is 16.2 Å². The van der Waals surface area contributed by atoms with Gasteiger partial charge >= 0.3 is 12.1 Å². The first-order valence-corrected chi connectivity index (χ1v) is 7.51. The molecule has 3 heterocycles. The van der Waals surface area contributed by atoms with Gasteiger partial charge in [-0.15, -0.1) is 11.3 Å². The molecule has 0 saturated carbocycles. The smallest absolute Gasteiger partial charge is 0.328 e. The third-order valence-corrected chi connectivity index (χ3v) is 4.83. The van der Waals surface area contributed by atoms with Gasteiger partial charge in [-0.2, -0.15) is 0 Å². The predicted molar refractivity (Wildman–Crippen MR) is 73.4 cm³/mol. The fraction of sp³-hybridized carbons (Fsp3) is 0.538. The van der Waals surface area contributed by atoms with Crippen molar-refractivity contribution >= 4 is 23.4 Å². The highest BCUT2D eigenvalue weighted by atomic mass is 32.1. The number of carbonyl (C=O) groups excluding carboxylic acids is 2. The van der Waals surface area contributed by atoms with Crippen molar-refractivity contribution in [2.75, 3.05) is 26.2 Å². The van der Waals surface area contributed by atoms with Gasteiger partial charge in [0.05, 0.1) is 0 Å². The third-order valence-electron chi connectivity index (χ3n) is 3.80. The molecule has 1 aromatic rings. The monoisotopic (exact) mass is 279 g/mol. The first kappa shape index (κ1) is 12.5. The molecule has 0 aromatic carbocycles. The van der Waals surface area contributed by atoms with Gasteiger partial charge in [-0.25, -0.2) is 14.5 Å². The average Bonchev–Trinajstić information content (AvgIpc) is 3.09. The molecule has 0 spiro atoms. The molecule has 1 aromatic heterocycles. The SMILES string of the molecule is O=C1NCCN1C(=O)N1CCC(c2cccs2)CC1. The van der Waals surface area contributed by atoms with Crippen LogP contribution in [0.4, 0.5) is 9.59 Å². The summed E-state index contributed by atoms with van der Waals surface area (Å²) >= 11 is 1.79. The van der Waals surface area contributed by atoms with E-state index in [4.69, 9.17) is 0 Å². The number of piperidine rings is 1. The highest BCUT2D eigenvalue weighted by molar-refractivity contribution is 7.10. The van der Waals surface area contributed by atoms with Crippen LogP contribution in [0, 0.1) is 0 Å². The number of carbonyl (C=O) groups is 2. The number of imide groups is 1. The molecule has 0 unspecified atom stereocenters. The average molecular weight is 279 g/mol. The van der Waals surface area contributed by atoms with Gasteiger partial charge in [-0.3, -0.25) is 0 Å². The molecule has 3 rings (SSSR count). The van der Waals surface area contributed by atoms with Crippen LogP contribution in [0.25, 0.3) is 0 Å². The first-order valence-electron chi connectivity index (χ1n) is 6.63. The van der Waals surface area contributed by atoms with Crippen molar-refractivity contribution in [2.24, 2.45) is 0 Å². The Kier molecular flexibility index (Phi) is 3.42. The van der Waals surface area contributed by atoms with Crippen molar-refractivity contribution < 1.29 is 9.59 Å². The molecule has 2 aliphatic rings. The Hall–Kier alpha value is -1.56. The third kappa shape index (κ3) is 2.45. The van der Waals surface area contributed by atoms with Gasteiger partial charge in [-0.1, -0.05) is 6.07 Å². The van der Waals surface area contributed by atoms with E-state index in [2.05, 4.69) is 22.8 Å². The van der Waals surface area contributed by atoms with E-state index in [1.807, 2.05) is 0 Å². The van der Waals surface area contributed by atoms with Crippen molar-refractivity contribution in [3.8, 4) is 0 Å². The number of amides is 4. The number of likely N-dealkylation sites (tertiary alicyclic amines) is 1. The molecule has 4 amide bonds. The number of hydrogen-bond donors (Lipinski definition) is 1. The van der Waals surface area contributed by atoms with Gasteiger partial charge in [0.15, 0.2) is 0 Å². The van der Waals surface area contributed by atoms with Gasteiger partial charge in [0.2, 0.25) is 0 Å². The summed E-state index contributed by atoms with van der Waals surface area (Å²) in [5.74, 6) is 0.566. The topological polar surface area (TPSA) is 52.7 Å². The van der Waals surface area contributed by atoms with Crippen molar-refractivity contribution in [2.45, 2.75) is 18.8 Å². The molecule has 2 saturated heterocycles. The van der Waals surface area contributed by atoms with E-state index in [0.717, 1.165) is 25.9 Å². The minimum absolute atomic E-state index is 0.139. The molecule has 1 N–H and O–H groups in total. The van der Waals surface area contributed by atoms with Crippen LogP contribution in [0.5, 0.6) is 0 Å². The summed E-state index contributed by atoms with van der Waals surface area (Å²) in [6.45, 7) is 2.54. The van der Waals surface area contributed by atoms with Crippen molar-refractivity contribution in [3.63, 3.8) is 0 Å². The lowest BCUT2D eigenvalue weighted by atomic mass is 9.95. The van der Waals surface area contributed by atoms with Crippen LogP contribution in [0.3, 0.4) is 0 Å². The number of thiophene rings is 1. The second-order valence-corrected chi connectivity index (χ2v) is 5.92. The van der Waals surface area contributed by atoms with Gasteiger partial charge in [0.1, 0.15) is 0 Å². The molecule has 5 nitrogen and oxygen atoms in total. The largest absolute Gasteiger partial charge is 0.336 e. The van der Waals surface area contributed by atoms with Crippen LogP contribution in [0.2, 0.25) is 0 Å². The first-order chi connectivity index (χ1) is 9.25. The molecule has 0 radical (unpaired) electrons. The second-order valence-electron chi connectivity index (χ2n) is 4.94. The molecule has 102 valence electrons. The zero-order chi connectivity index (χ0) is 13.2. The molecule has 19 heavy (non-hydrogen) atoms. The molecular weight excluding hydrogens is 262 g/mol. The van der Waals surface area contributed by atoms with Crippen molar-refractivity contribution in [1.29, 1.82) is 0 Å². The lowest BCUT2D eigenvalue weighted by molar-refractivity contribution is 0.151. The van der Waals surface area contributed by atoms with E-state index in [9.17, 15) is 9.59 Å².